The Bertz CT molecular complexity index is 344. The molecule has 0 saturated heterocycles. The van der Waals surface area contributed by atoms with Crippen LogP contribution in [0.25, 0.3) is 0 Å². The van der Waals surface area contributed by atoms with E-state index >= 15 is 0 Å². The maximum Gasteiger partial charge on any atom is 0.153 e. The van der Waals surface area contributed by atoms with Gasteiger partial charge in [0.15, 0.2) is 5.82 Å². The van der Waals surface area contributed by atoms with Crippen molar-refractivity contribution in [2.75, 3.05) is 5.01 Å². The summed E-state index contributed by atoms with van der Waals surface area (Å²) in [6.07, 6.45) is 8.43. The van der Waals surface area contributed by atoms with Crippen LogP contribution in [0.5, 0.6) is 0 Å². The second kappa shape index (κ2) is 4.24. The Hall–Kier alpha value is -1.35. The molecule has 0 atom stereocenters. The summed E-state index contributed by atoms with van der Waals surface area (Å²) in [5, 5.41) is 5.92. The quantitative estimate of drug-likeness (QED) is 0.698. The van der Waals surface area contributed by atoms with Gasteiger partial charge in [0.2, 0.25) is 0 Å². The topological polar surface area (TPSA) is 28.5 Å². The van der Waals surface area contributed by atoms with Crippen LogP contribution in [0.2, 0.25) is 0 Å². The number of allylic oxidation sites excluding steroid dienone is 1. The fraction of sp³-hybridized carbons (Fsp3) is 0.200. The van der Waals surface area contributed by atoms with E-state index in [2.05, 4.69) is 10.1 Å². The number of aromatic nitrogens is 1. The van der Waals surface area contributed by atoms with Gasteiger partial charge in [0.1, 0.15) is 0 Å². The van der Waals surface area contributed by atoms with Crippen molar-refractivity contribution in [2.24, 2.45) is 5.10 Å². The molecule has 0 aliphatic carbocycles. The lowest BCUT2D eigenvalue weighted by atomic mass is 10.3. The molecule has 2 heterocycles. The molecular weight excluding hydrogens is 198 g/mol. The predicted molar refractivity (Wildman–Crippen MR) is 58.5 cm³/mol. The standard InChI is InChI=1S/C10H10ClN3/c11-7-9-3-4-10(12-8-9)14-6-2-1-5-13-14/h2-6,8H,1,7H2. The number of nitrogens with zero attached hydrogens (tertiary/aromatic N) is 3. The zero-order valence-electron chi connectivity index (χ0n) is 7.60. The van der Waals surface area contributed by atoms with Crippen molar-refractivity contribution >= 4 is 23.6 Å². The fourth-order valence-corrected chi connectivity index (χ4v) is 1.32. The van der Waals surface area contributed by atoms with Crippen LogP contribution < -0.4 is 5.01 Å². The third-order valence-corrected chi connectivity index (χ3v) is 2.20. The Kier molecular flexibility index (Phi) is 2.79. The summed E-state index contributed by atoms with van der Waals surface area (Å²) < 4.78 is 0. The van der Waals surface area contributed by atoms with Gasteiger partial charge in [-0.25, -0.2) is 9.99 Å². The van der Waals surface area contributed by atoms with Crippen LogP contribution in [0.3, 0.4) is 0 Å². The van der Waals surface area contributed by atoms with E-state index in [1.54, 1.807) is 11.2 Å². The van der Waals surface area contributed by atoms with Crippen molar-refractivity contribution in [2.45, 2.75) is 12.3 Å². The van der Waals surface area contributed by atoms with Crippen LogP contribution in [-0.2, 0) is 5.88 Å². The van der Waals surface area contributed by atoms with Crippen molar-refractivity contribution in [3.8, 4) is 0 Å². The first-order valence-corrected chi connectivity index (χ1v) is 4.93. The maximum atomic E-state index is 5.67. The molecule has 1 aromatic rings. The van der Waals surface area contributed by atoms with E-state index in [0.717, 1.165) is 17.8 Å². The number of rotatable bonds is 2. The van der Waals surface area contributed by atoms with Crippen LogP contribution >= 0.6 is 11.6 Å². The number of hydrogen-bond donors (Lipinski definition) is 0. The van der Waals surface area contributed by atoms with Gasteiger partial charge >= 0.3 is 0 Å². The molecule has 0 spiro atoms. The maximum absolute atomic E-state index is 5.67. The lowest BCUT2D eigenvalue weighted by Crippen LogP contribution is -2.11. The summed E-state index contributed by atoms with van der Waals surface area (Å²) in [5.41, 5.74) is 1.01. The van der Waals surface area contributed by atoms with E-state index in [4.69, 9.17) is 11.6 Å². The van der Waals surface area contributed by atoms with Crippen LogP contribution in [0.4, 0.5) is 5.82 Å². The molecular formula is C10H10ClN3. The number of hydrazone groups is 1. The molecule has 14 heavy (non-hydrogen) atoms. The van der Waals surface area contributed by atoms with E-state index in [-0.39, 0.29) is 0 Å². The molecule has 0 amide bonds. The molecule has 0 unspecified atom stereocenters. The molecule has 0 fully saturated rings. The molecule has 0 N–H and O–H groups in total. The highest BCUT2D eigenvalue weighted by atomic mass is 35.5. The van der Waals surface area contributed by atoms with Crippen molar-refractivity contribution in [1.29, 1.82) is 0 Å². The molecule has 1 aliphatic heterocycles. The summed E-state index contributed by atoms with van der Waals surface area (Å²) in [6, 6.07) is 3.86. The Morgan fingerprint density at radius 2 is 2.36 bits per heavy atom. The zero-order chi connectivity index (χ0) is 9.80. The van der Waals surface area contributed by atoms with Gasteiger partial charge in [-0.05, 0) is 11.6 Å². The van der Waals surface area contributed by atoms with Crippen LogP contribution in [0.1, 0.15) is 12.0 Å². The SMILES string of the molecule is ClCc1ccc(N2C=CCC=N2)nc1. The Labute approximate surface area is 87.7 Å². The Morgan fingerprint density at radius 1 is 1.43 bits per heavy atom. The van der Waals surface area contributed by atoms with Gasteiger partial charge in [0.25, 0.3) is 0 Å². The minimum Gasteiger partial charge on any atom is -0.237 e. The molecule has 1 aromatic heterocycles. The van der Waals surface area contributed by atoms with E-state index in [0.29, 0.717) is 5.88 Å². The van der Waals surface area contributed by atoms with Gasteiger partial charge in [0, 0.05) is 30.9 Å². The summed E-state index contributed by atoms with van der Waals surface area (Å²) in [7, 11) is 0. The minimum absolute atomic E-state index is 0.492. The molecule has 0 radical (unpaired) electrons. The van der Waals surface area contributed by atoms with Gasteiger partial charge in [0.05, 0.1) is 0 Å². The summed E-state index contributed by atoms with van der Waals surface area (Å²) >= 11 is 5.67. The van der Waals surface area contributed by atoms with Gasteiger partial charge in [-0.1, -0.05) is 12.1 Å². The Morgan fingerprint density at radius 3 is 2.93 bits per heavy atom. The first-order valence-electron chi connectivity index (χ1n) is 4.39. The zero-order valence-corrected chi connectivity index (χ0v) is 8.35. The summed E-state index contributed by atoms with van der Waals surface area (Å²) in [4.78, 5) is 4.25. The highest BCUT2D eigenvalue weighted by molar-refractivity contribution is 6.17. The smallest absolute Gasteiger partial charge is 0.153 e. The number of anilines is 1. The second-order valence-electron chi connectivity index (χ2n) is 2.92. The van der Waals surface area contributed by atoms with Gasteiger partial charge in [-0.2, -0.15) is 5.10 Å². The summed E-state index contributed by atoms with van der Waals surface area (Å²) in [5.74, 6) is 1.30. The lowest BCUT2D eigenvalue weighted by Gasteiger charge is -2.15. The third-order valence-electron chi connectivity index (χ3n) is 1.89. The molecule has 0 saturated carbocycles. The monoisotopic (exact) mass is 207 g/mol. The molecule has 1 aliphatic rings. The molecule has 2 rings (SSSR count). The van der Waals surface area contributed by atoms with Gasteiger partial charge < -0.3 is 0 Å². The molecule has 3 nitrogen and oxygen atoms in total. The average molecular weight is 208 g/mol. The van der Waals surface area contributed by atoms with Crippen molar-refractivity contribution < 1.29 is 0 Å². The van der Waals surface area contributed by atoms with E-state index in [1.165, 1.54) is 0 Å². The largest absolute Gasteiger partial charge is 0.237 e. The number of pyridine rings is 1. The number of halogens is 1. The number of alkyl halides is 1. The predicted octanol–water partition coefficient (Wildman–Crippen LogP) is 2.53. The van der Waals surface area contributed by atoms with E-state index < -0.39 is 0 Å². The van der Waals surface area contributed by atoms with Crippen LogP contribution in [0.15, 0.2) is 35.7 Å². The van der Waals surface area contributed by atoms with E-state index in [9.17, 15) is 0 Å². The molecule has 4 heteroatoms. The van der Waals surface area contributed by atoms with Crippen LogP contribution in [-0.4, -0.2) is 11.2 Å². The highest BCUT2D eigenvalue weighted by Gasteiger charge is 2.03. The second-order valence-corrected chi connectivity index (χ2v) is 3.19. The molecule has 0 aromatic carbocycles. The Balaban J connectivity index is 2.19. The highest BCUT2D eigenvalue weighted by Crippen LogP contribution is 2.14. The first-order chi connectivity index (χ1) is 6.90. The van der Waals surface area contributed by atoms with E-state index in [1.807, 2.05) is 30.6 Å². The normalized spacial score (nSPS) is 14.8. The van der Waals surface area contributed by atoms with Gasteiger partial charge in [-0.15, -0.1) is 11.6 Å². The summed E-state index contributed by atoms with van der Waals surface area (Å²) in [6.45, 7) is 0. The fourth-order valence-electron chi connectivity index (χ4n) is 1.16. The lowest BCUT2D eigenvalue weighted by molar-refractivity contribution is 1.00. The third kappa shape index (κ3) is 1.93. The molecule has 72 valence electrons. The van der Waals surface area contributed by atoms with Gasteiger partial charge in [-0.3, -0.25) is 0 Å². The minimum atomic E-state index is 0.492. The average Bonchev–Trinajstić information content (AvgIpc) is 2.30. The van der Waals surface area contributed by atoms with Crippen molar-refractivity contribution in [1.82, 2.24) is 4.98 Å². The first kappa shape index (κ1) is 9.21. The van der Waals surface area contributed by atoms with Crippen LogP contribution in [0, 0.1) is 0 Å². The van der Waals surface area contributed by atoms with Crippen molar-refractivity contribution in [3.05, 3.63) is 36.2 Å². The number of hydrogen-bond acceptors (Lipinski definition) is 3. The van der Waals surface area contributed by atoms with Crippen molar-refractivity contribution in [3.63, 3.8) is 0 Å². The molecule has 0 bridgehead atoms.